The summed E-state index contributed by atoms with van der Waals surface area (Å²) in [6.07, 6.45) is -5.77. The van der Waals surface area contributed by atoms with Gasteiger partial charge in [-0.1, -0.05) is 6.58 Å². The summed E-state index contributed by atoms with van der Waals surface area (Å²) in [4.78, 5) is 109. The molecule has 0 aromatic rings. The number of amides is 4. The molecule has 0 bridgehead atoms. The first-order chi connectivity index (χ1) is 21.9. The number of carboxylic acid groups (broad SMARTS) is 1. The molecule has 1 aliphatic carbocycles. The Bertz CT molecular complexity index is 1220. The maximum atomic E-state index is 13.5. The Balaban J connectivity index is 3.09. The molecule has 5 N–H and O–H groups in total. The van der Waals surface area contributed by atoms with Crippen LogP contribution >= 0.6 is 0 Å². The lowest BCUT2D eigenvalue weighted by Gasteiger charge is -2.44. The van der Waals surface area contributed by atoms with E-state index >= 15 is 0 Å². The van der Waals surface area contributed by atoms with Crippen molar-refractivity contribution in [3.05, 3.63) is 12.2 Å². The van der Waals surface area contributed by atoms with Gasteiger partial charge in [0.25, 0.3) is 5.91 Å². The number of rotatable bonds is 17. The van der Waals surface area contributed by atoms with Gasteiger partial charge in [-0.15, -0.1) is 0 Å². The predicted molar refractivity (Wildman–Crippen MR) is 158 cm³/mol. The van der Waals surface area contributed by atoms with Crippen LogP contribution in [0.1, 0.15) is 66.7 Å². The summed E-state index contributed by atoms with van der Waals surface area (Å²) in [6.45, 7) is 8.67. The highest BCUT2D eigenvalue weighted by Gasteiger charge is 2.57. The van der Waals surface area contributed by atoms with E-state index in [2.05, 4.69) is 27.8 Å². The maximum absolute atomic E-state index is 13.5. The lowest BCUT2D eigenvalue weighted by atomic mass is 9.78. The second-order valence-electron chi connectivity index (χ2n) is 10.8. The number of carbonyl (C=O) groups is 9. The molecule has 1 aliphatic rings. The maximum Gasteiger partial charge on any atom is 0.303 e. The largest absolute Gasteiger partial charge is 0.481 e. The van der Waals surface area contributed by atoms with Gasteiger partial charge >= 0.3 is 29.8 Å². The van der Waals surface area contributed by atoms with Crippen LogP contribution < -0.4 is 21.3 Å². The first-order valence-corrected chi connectivity index (χ1v) is 14.6. The van der Waals surface area contributed by atoms with Crippen molar-refractivity contribution >= 4 is 53.5 Å². The summed E-state index contributed by atoms with van der Waals surface area (Å²) in [5.41, 5.74) is -1.87. The molecular weight excluding hydrogens is 628 g/mol. The highest BCUT2D eigenvalue weighted by Crippen LogP contribution is 2.37. The molecule has 0 radical (unpaired) electrons. The van der Waals surface area contributed by atoms with Crippen molar-refractivity contribution in [3.63, 3.8) is 0 Å². The fourth-order valence-corrected chi connectivity index (χ4v) is 4.66. The Morgan fingerprint density at radius 2 is 1.32 bits per heavy atom. The third-order valence-electron chi connectivity index (χ3n) is 6.52. The molecule has 1 rings (SSSR count). The molecule has 4 amide bonds. The van der Waals surface area contributed by atoms with Crippen molar-refractivity contribution < 1.29 is 67.2 Å². The Kier molecular flexibility index (Phi) is 16.0. The van der Waals surface area contributed by atoms with Crippen LogP contribution in [0.2, 0.25) is 0 Å². The molecule has 1 saturated carbocycles. The van der Waals surface area contributed by atoms with E-state index in [4.69, 9.17) is 24.1 Å². The van der Waals surface area contributed by atoms with E-state index in [1.165, 1.54) is 6.92 Å². The molecule has 18 heteroatoms. The smallest absolute Gasteiger partial charge is 0.303 e. The Labute approximate surface area is 270 Å². The number of ether oxygens (including phenoxy) is 4. The van der Waals surface area contributed by atoms with Crippen LogP contribution in [0.15, 0.2) is 12.2 Å². The first kappa shape index (κ1) is 40.0. The molecule has 1 fully saturated rings. The van der Waals surface area contributed by atoms with E-state index in [0.29, 0.717) is 12.0 Å². The van der Waals surface area contributed by atoms with E-state index < -0.39 is 103 Å². The molecular formula is C29H42N4O14. The number of nitrogens with one attached hydrogen (secondary N) is 4. The number of hydrogen-bond donors (Lipinski definition) is 5. The standard InChI is InChI=1S/C29H42N4O14/c1-15(2)26(41)30-10-7-11-31-27(42)20(8-9-24(39)40)33-23(38)14-32-28(43)29(47-19(6)37)12-21(44-16(3)34)25(46-18(5)36)22(13-29)45-17(4)35/h20-22,25H,1,7-14H2,2-6H3,(H,30,41)(H,31,42)(H,32,43)(H,33,38)(H,39,40)/t20-,21-,22-,25?,29?/m0/s1. The summed E-state index contributed by atoms with van der Waals surface area (Å²) in [7, 11) is 0. The van der Waals surface area contributed by atoms with Crippen LogP contribution in [-0.2, 0) is 62.1 Å². The fourth-order valence-electron chi connectivity index (χ4n) is 4.66. The lowest BCUT2D eigenvalue weighted by molar-refractivity contribution is -0.215. The third kappa shape index (κ3) is 14.3. The Hall–Kier alpha value is -5.03. The van der Waals surface area contributed by atoms with Gasteiger partial charge < -0.3 is 45.3 Å². The Morgan fingerprint density at radius 1 is 0.787 bits per heavy atom. The van der Waals surface area contributed by atoms with Crippen molar-refractivity contribution in [2.45, 2.75) is 96.7 Å². The molecule has 0 aliphatic heterocycles. The zero-order valence-corrected chi connectivity index (χ0v) is 26.9. The Morgan fingerprint density at radius 3 is 1.79 bits per heavy atom. The van der Waals surface area contributed by atoms with Gasteiger partial charge in [0.15, 0.2) is 11.7 Å². The second-order valence-corrected chi connectivity index (χ2v) is 10.8. The SMILES string of the molecule is C=C(C)C(=O)NCCCNC(=O)[C@H](CCC(=O)O)NC(=O)CNC(=O)C1(OC(C)=O)C[C@H](OC(C)=O)C(OC(C)=O)[C@@H](OC(C)=O)C1. The van der Waals surface area contributed by atoms with Crippen LogP contribution in [-0.4, -0.2) is 108 Å². The van der Waals surface area contributed by atoms with Crippen LogP contribution in [0, 0.1) is 0 Å². The van der Waals surface area contributed by atoms with Gasteiger partial charge in [0.1, 0.15) is 18.2 Å². The van der Waals surface area contributed by atoms with Crippen LogP contribution in [0.3, 0.4) is 0 Å². The predicted octanol–water partition coefficient (Wildman–Crippen LogP) is -1.46. The molecule has 0 spiro atoms. The van der Waals surface area contributed by atoms with Gasteiger partial charge in [0.2, 0.25) is 17.7 Å². The zero-order chi connectivity index (χ0) is 35.9. The molecule has 0 aromatic carbocycles. The summed E-state index contributed by atoms with van der Waals surface area (Å²) in [5, 5.41) is 18.8. The summed E-state index contributed by atoms with van der Waals surface area (Å²) in [5.74, 6) is -7.77. The van der Waals surface area contributed by atoms with Gasteiger partial charge in [-0.05, 0) is 19.8 Å². The molecule has 0 unspecified atom stereocenters. The van der Waals surface area contributed by atoms with E-state index in [9.17, 15) is 43.2 Å². The van der Waals surface area contributed by atoms with E-state index in [1.807, 2.05) is 0 Å². The van der Waals surface area contributed by atoms with Gasteiger partial charge in [0, 0.05) is 65.6 Å². The number of carboxylic acids is 1. The van der Waals surface area contributed by atoms with Gasteiger partial charge in [0.05, 0.1) is 6.54 Å². The average molecular weight is 671 g/mol. The minimum Gasteiger partial charge on any atom is -0.481 e. The molecule has 47 heavy (non-hydrogen) atoms. The number of esters is 4. The van der Waals surface area contributed by atoms with Gasteiger partial charge in [-0.25, -0.2) is 0 Å². The minimum atomic E-state index is -2.18. The van der Waals surface area contributed by atoms with Crippen molar-refractivity contribution in [1.29, 1.82) is 0 Å². The summed E-state index contributed by atoms with van der Waals surface area (Å²) < 4.78 is 21.1. The second kappa shape index (κ2) is 18.8. The van der Waals surface area contributed by atoms with E-state index in [1.54, 1.807) is 0 Å². The lowest BCUT2D eigenvalue weighted by Crippen LogP contribution is -2.63. The van der Waals surface area contributed by atoms with Gasteiger partial charge in [-0.3, -0.25) is 43.2 Å². The summed E-state index contributed by atoms with van der Waals surface area (Å²) >= 11 is 0. The highest BCUT2D eigenvalue weighted by molar-refractivity contribution is 5.93. The van der Waals surface area contributed by atoms with E-state index in [0.717, 1.165) is 27.7 Å². The normalized spacial score (nSPS) is 20.7. The topological polar surface area (TPSA) is 259 Å². The van der Waals surface area contributed by atoms with Crippen LogP contribution in [0.5, 0.6) is 0 Å². The minimum absolute atomic E-state index is 0.0811. The zero-order valence-electron chi connectivity index (χ0n) is 26.9. The average Bonchev–Trinajstić information content (AvgIpc) is 2.93. The molecule has 0 heterocycles. The fraction of sp³-hybridized carbons (Fsp3) is 0.621. The first-order valence-electron chi connectivity index (χ1n) is 14.6. The molecule has 18 nitrogen and oxygen atoms in total. The van der Waals surface area contributed by atoms with Crippen molar-refractivity contribution in [2.24, 2.45) is 0 Å². The molecule has 0 saturated heterocycles. The molecule has 262 valence electrons. The number of carbonyl (C=O) groups excluding carboxylic acids is 8. The van der Waals surface area contributed by atoms with Crippen molar-refractivity contribution in [2.75, 3.05) is 19.6 Å². The van der Waals surface area contributed by atoms with Gasteiger partial charge in [-0.2, -0.15) is 0 Å². The quantitative estimate of drug-likeness (QED) is 0.0513. The van der Waals surface area contributed by atoms with E-state index in [-0.39, 0.29) is 25.4 Å². The number of aliphatic carboxylic acids is 1. The highest BCUT2D eigenvalue weighted by atomic mass is 16.6. The monoisotopic (exact) mass is 670 g/mol. The number of hydrogen-bond acceptors (Lipinski definition) is 13. The third-order valence-corrected chi connectivity index (χ3v) is 6.52. The van der Waals surface area contributed by atoms with Crippen LogP contribution in [0.25, 0.3) is 0 Å². The van der Waals surface area contributed by atoms with Crippen molar-refractivity contribution in [3.8, 4) is 0 Å². The molecule has 0 aromatic heterocycles. The van der Waals surface area contributed by atoms with Crippen molar-refractivity contribution in [1.82, 2.24) is 21.3 Å². The molecule has 3 atom stereocenters. The summed E-state index contributed by atoms with van der Waals surface area (Å²) in [6, 6.07) is -1.32. The van der Waals surface area contributed by atoms with Crippen LogP contribution in [0.4, 0.5) is 0 Å².